The van der Waals surface area contributed by atoms with E-state index >= 15 is 0 Å². The number of ether oxygens (including phenoxy) is 1. The second kappa shape index (κ2) is 10.6. The molecule has 0 unspecified atom stereocenters. The van der Waals surface area contributed by atoms with Gasteiger partial charge in [0.05, 0.1) is 17.9 Å². The van der Waals surface area contributed by atoms with Gasteiger partial charge in [-0.25, -0.2) is 0 Å². The number of nitrogens with zero attached hydrogens (tertiary/aromatic N) is 1. The normalized spacial score (nSPS) is 10.4. The van der Waals surface area contributed by atoms with Crippen LogP contribution >= 0.6 is 12.2 Å². The zero-order valence-electron chi connectivity index (χ0n) is 17.2. The number of anilines is 1. The highest BCUT2D eigenvalue weighted by molar-refractivity contribution is 7.80. The van der Waals surface area contributed by atoms with Gasteiger partial charge in [0.1, 0.15) is 5.75 Å². The maximum atomic E-state index is 12.4. The van der Waals surface area contributed by atoms with Crippen molar-refractivity contribution in [3.63, 3.8) is 0 Å². The van der Waals surface area contributed by atoms with Crippen molar-refractivity contribution in [2.75, 3.05) is 26.0 Å². The highest BCUT2D eigenvalue weighted by Crippen LogP contribution is 2.17. The van der Waals surface area contributed by atoms with Gasteiger partial charge in [0.25, 0.3) is 11.8 Å². The quantitative estimate of drug-likeness (QED) is 0.673. The first-order chi connectivity index (χ1) is 13.8. The SMILES string of the molecule is CC(C)CCOc1ccc(C(=O)NC(=S)Nc2ccccc2C(=O)N(C)C)cc1. The number of carbonyl (C=O) groups is 2. The molecule has 0 heterocycles. The molecule has 0 atom stereocenters. The van der Waals surface area contributed by atoms with E-state index in [4.69, 9.17) is 17.0 Å². The van der Waals surface area contributed by atoms with Gasteiger partial charge in [0, 0.05) is 19.7 Å². The number of hydrogen-bond donors (Lipinski definition) is 2. The molecule has 0 fully saturated rings. The van der Waals surface area contributed by atoms with Gasteiger partial charge in [-0.05, 0) is 61.0 Å². The second-order valence-electron chi connectivity index (χ2n) is 7.21. The first-order valence-electron chi connectivity index (χ1n) is 9.43. The fourth-order valence-corrected chi connectivity index (χ4v) is 2.67. The second-order valence-corrected chi connectivity index (χ2v) is 7.62. The zero-order valence-corrected chi connectivity index (χ0v) is 18.0. The Kier molecular flexibility index (Phi) is 8.15. The first kappa shape index (κ1) is 22.4. The zero-order chi connectivity index (χ0) is 21.4. The van der Waals surface area contributed by atoms with Crippen LogP contribution in [0.5, 0.6) is 5.75 Å². The molecule has 2 aromatic rings. The molecule has 0 spiro atoms. The summed E-state index contributed by atoms with van der Waals surface area (Å²) in [6.45, 7) is 4.92. The summed E-state index contributed by atoms with van der Waals surface area (Å²) in [6, 6.07) is 13.9. The molecule has 0 aliphatic carbocycles. The molecule has 0 aliphatic rings. The lowest BCUT2D eigenvalue weighted by molar-refractivity contribution is 0.0828. The van der Waals surface area contributed by atoms with Crippen molar-refractivity contribution in [1.29, 1.82) is 0 Å². The summed E-state index contributed by atoms with van der Waals surface area (Å²) in [6.07, 6.45) is 0.972. The largest absolute Gasteiger partial charge is 0.494 e. The first-order valence-corrected chi connectivity index (χ1v) is 9.84. The summed E-state index contributed by atoms with van der Waals surface area (Å²) in [7, 11) is 3.35. The summed E-state index contributed by atoms with van der Waals surface area (Å²) >= 11 is 5.24. The lowest BCUT2D eigenvalue weighted by Crippen LogP contribution is -2.35. The van der Waals surface area contributed by atoms with Gasteiger partial charge in [0.15, 0.2) is 5.11 Å². The Labute approximate surface area is 177 Å². The summed E-state index contributed by atoms with van der Waals surface area (Å²) in [4.78, 5) is 26.2. The van der Waals surface area contributed by atoms with Crippen molar-refractivity contribution in [3.05, 3.63) is 59.7 Å². The average Bonchev–Trinajstić information content (AvgIpc) is 2.68. The van der Waals surface area contributed by atoms with E-state index in [2.05, 4.69) is 24.5 Å². The Morgan fingerprint density at radius 3 is 2.34 bits per heavy atom. The number of para-hydroxylation sites is 1. The van der Waals surface area contributed by atoms with Gasteiger partial charge in [0.2, 0.25) is 0 Å². The minimum absolute atomic E-state index is 0.117. The molecule has 0 aromatic heterocycles. The molecule has 0 saturated heterocycles. The predicted octanol–water partition coefficient (Wildman–Crippen LogP) is 3.94. The standard InChI is InChI=1S/C22H27N3O3S/c1-15(2)13-14-28-17-11-9-16(10-12-17)20(26)24-22(29)23-19-8-6-5-7-18(19)21(27)25(3)4/h5-12,15H,13-14H2,1-4H3,(H2,23,24,26,29). The summed E-state index contributed by atoms with van der Waals surface area (Å²) < 4.78 is 5.66. The monoisotopic (exact) mass is 413 g/mol. The van der Waals surface area contributed by atoms with Crippen LogP contribution in [-0.4, -0.2) is 42.5 Å². The van der Waals surface area contributed by atoms with Crippen LogP contribution in [0.15, 0.2) is 48.5 Å². The Hall–Kier alpha value is -2.93. The Morgan fingerprint density at radius 2 is 1.72 bits per heavy atom. The summed E-state index contributed by atoms with van der Waals surface area (Å²) in [5.74, 6) is 0.800. The molecule has 2 rings (SSSR count). The fraction of sp³-hybridized carbons (Fsp3) is 0.318. The molecule has 2 amide bonds. The van der Waals surface area contributed by atoms with Crippen LogP contribution in [0.4, 0.5) is 5.69 Å². The molecular formula is C22H27N3O3S. The van der Waals surface area contributed by atoms with E-state index in [1.54, 1.807) is 62.6 Å². The molecular weight excluding hydrogens is 386 g/mol. The smallest absolute Gasteiger partial charge is 0.257 e. The molecule has 7 heteroatoms. The fourth-order valence-electron chi connectivity index (χ4n) is 2.46. The van der Waals surface area contributed by atoms with Crippen LogP contribution in [-0.2, 0) is 0 Å². The van der Waals surface area contributed by atoms with Gasteiger partial charge in [-0.3, -0.25) is 14.9 Å². The van der Waals surface area contributed by atoms with Crippen molar-refractivity contribution < 1.29 is 14.3 Å². The number of hydrogen-bond acceptors (Lipinski definition) is 4. The minimum Gasteiger partial charge on any atom is -0.494 e. The van der Waals surface area contributed by atoms with Crippen molar-refractivity contribution in [1.82, 2.24) is 10.2 Å². The van der Waals surface area contributed by atoms with E-state index in [9.17, 15) is 9.59 Å². The molecule has 0 bridgehead atoms. The molecule has 2 aromatic carbocycles. The predicted molar refractivity (Wildman–Crippen MR) is 120 cm³/mol. The van der Waals surface area contributed by atoms with Gasteiger partial charge in [-0.2, -0.15) is 0 Å². The van der Waals surface area contributed by atoms with Crippen LogP contribution in [0.3, 0.4) is 0 Å². The van der Waals surface area contributed by atoms with E-state index in [0.717, 1.165) is 12.2 Å². The Bertz CT molecular complexity index is 864. The van der Waals surface area contributed by atoms with Gasteiger partial charge >= 0.3 is 0 Å². The van der Waals surface area contributed by atoms with E-state index < -0.39 is 0 Å². The number of thiocarbonyl (C=S) groups is 1. The van der Waals surface area contributed by atoms with Crippen LogP contribution < -0.4 is 15.4 Å². The Balaban J connectivity index is 1.96. The molecule has 6 nitrogen and oxygen atoms in total. The highest BCUT2D eigenvalue weighted by Gasteiger charge is 2.15. The van der Waals surface area contributed by atoms with Gasteiger partial charge in [-0.1, -0.05) is 26.0 Å². The van der Waals surface area contributed by atoms with Crippen LogP contribution in [0, 0.1) is 5.92 Å². The van der Waals surface area contributed by atoms with Crippen LogP contribution in [0.1, 0.15) is 41.0 Å². The van der Waals surface area contributed by atoms with Crippen LogP contribution in [0.2, 0.25) is 0 Å². The topological polar surface area (TPSA) is 70.7 Å². The number of benzene rings is 2. The van der Waals surface area contributed by atoms with Crippen molar-refractivity contribution in [2.45, 2.75) is 20.3 Å². The van der Waals surface area contributed by atoms with E-state index in [1.165, 1.54) is 4.90 Å². The summed E-state index contributed by atoms with van der Waals surface area (Å²) in [5, 5.41) is 5.67. The summed E-state index contributed by atoms with van der Waals surface area (Å²) in [5.41, 5.74) is 1.46. The maximum Gasteiger partial charge on any atom is 0.257 e. The number of nitrogens with one attached hydrogen (secondary N) is 2. The van der Waals surface area contributed by atoms with E-state index in [1.807, 2.05) is 0 Å². The van der Waals surface area contributed by atoms with E-state index in [0.29, 0.717) is 29.3 Å². The van der Waals surface area contributed by atoms with E-state index in [-0.39, 0.29) is 16.9 Å². The number of rotatable bonds is 7. The number of amides is 2. The third-order valence-electron chi connectivity index (χ3n) is 4.12. The molecule has 2 N–H and O–H groups in total. The molecule has 154 valence electrons. The molecule has 29 heavy (non-hydrogen) atoms. The van der Waals surface area contributed by atoms with Crippen LogP contribution in [0.25, 0.3) is 0 Å². The molecule has 0 radical (unpaired) electrons. The lowest BCUT2D eigenvalue weighted by atomic mass is 10.1. The van der Waals surface area contributed by atoms with Crippen molar-refractivity contribution in [3.8, 4) is 5.75 Å². The molecule has 0 aliphatic heterocycles. The third-order valence-corrected chi connectivity index (χ3v) is 4.32. The maximum absolute atomic E-state index is 12.4. The minimum atomic E-state index is -0.340. The molecule has 0 saturated carbocycles. The van der Waals surface area contributed by atoms with Crippen molar-refractivity contribution >= 4 is 34.8 Å². The third kappa shape index (κ3) is 6.87. The lowest BCUT2D eigenvalue weighted by Gasteiger charge is -2.16. The number of carbonyl (C=O) groups excluding carboxylic acids is 2. The highest BCUT2D eigenvalue weighted by atomic mass is 32.1. The average molecular weight is 414 g/mol. The Morgan fingerprint density at radius 1 is 1.07 bits per heavy atom. The van der Waals surface area contributed by atoms with Gasteiger partial charge in [-0.15, -0.1) is 0 Å². The van der Waals surface area contributed by atoms with Gasteiger partial charge < -0.3 is 15.0 Å². The van der Waals surface area contributed by atoms with Crippen molar-refractivity contribution in [2.24, 2.45) is 5.92 Å².